The second-order valence-corrected chi connectivity index (χ2v) is 5.16. The first-order valence-corrected chi connectivity index (χ1v) is 6.52. The third-order valence-electron chi connectivity index (χ3n) is 3.68. The summed E-state index contributed by atoms with van der Waals surface area (Å²) in [6.07, 6.45) is 2.65. The number of rotatable bonds is 4. The summed E-state index contributed by atoms with van der Waals surface area (Å²) in [5.74, 6) is 1.37. The van der Waals surface area contributed by atoms with Crippen molar-refractivity contribution in [2.24, 2.45) is 11.7 Å². The van der Waals surface area contributed by atoms with Crippen molar-refractivity contribution < 1.29 is 9.53 Å². The smallest absolute Gasteiger partial charge is 0.261 e. The maximum Gasteiger partial charge on any atom is 0.261 e. The summed E-state index contributed by atoms with van der Waals surface area (Å²) in [7, 11) is 0. The van der Waals surface area contributed by atoms with E-state index >= 15 is 0 Å². The van der Waals surface area contributed by atoms with Crippen molar-refractivity contribution in [3.05, 3.63) is 29.8 Å². The molecule has 3 N–H and O–H groups in total. The lowest BCUT2D eigenvalue weighted by molar-refractivity contribution is -0.127. The predicted octanol–water partition coefficient (Wildman–Crippen LogP) is 1.27. The Balaban J connectivity index is 0.00000133. The molecule has 1 amide bonds. The van der Waals surface area contributed by atoms with E-state index in [1.807, 2.05) is 24.3 Å². The molecular formula is C14H19ClN2O2. The van der Waals surface area contributed by atoms with Crippen molar-refractivity contribution in [3.8, 4) is 5.75 Å². The number of hydrogen-bond donors (Lipinski definition) is 2. The van der Waals surface area contributed by atoms with Gasteiger partial charge < -0.3 is 15.8 Å². The normalized spacial score (nSPS) is 21.8. The predicted molar refractivity (Wildman–Crippen MR) is 75.5 cm³/mol. The molecule has 0 aromatic heterocycles. The molecule has 104 valence electrons. The van der Waals surface area contributed by atoms with Crippen LogP contribution >= 0.6 is 12.4 Å². The number of nitrogens with one attached hydrogen (secondary N) is 1. The van der Waals surface area contributed by atoms with Gasteiger partial charge in [0.25, 0.3) is 5.91 Å². The van der Waals surface area contributed by atoms with Gasteiger partial charge in [-0.05, 0) is 30.4 Å². The van der Waals surface area contributed by atoms with Crippen molar-refractivity contribution in [3.63, 3.8) is 0 Å². The van der Waals surface area contributed by atoms with Gasteiger partial charge in [-0.2, -0.15) is 0 Å². The molecule has 1 aromatic carbocycles. The van der Waals surface area contributed by atoms with Crippen molar-refractivity contribution in [2.45, 2.75) is 31.4 Å². The third-order valence-corrected chi connectivity index (χ3v) is 3.68. The van der Waals surface area contributed by atoms with E-state index in [1.54, 1.807) is 0 Å². The van der Waals surface area contributed by atoms with Crippen molar-refractivity contribution in [1.29, 1.82) is 0 Å². The first kappa shape index (κ1) is 14.2. The molecule has 1 aliphatic heterocycles. The number of nitrogens with two attached hydrogens (primary N) is 1. The SMILES string of the molecule is Cl.NC(CNC(=O)C1Cc2ccccc2O1)C1CC1. The molecule has 0 radical (unpaired) electrons. The Kier molecular flexibility index (Phi) is 4.32. The van der Waals surface area contributed by atoms with Crippen LogP contribution in [0.1, 0.15) is 18.4 Å². The molecule has 5 heteroatoms. The zero-order valence-electron chi connectivity index (χ0n) is 10.7. The fourth-order valence-electron chi connectivity index (χ4n) is 2.35. The number of halogens is 1. The molecule has 19 heavy (non-hydrogen) atoms. The van der Waals surface area contributed by atoms with Crippen LogP contribution in [0.25, 0.3) is 0 Å². The van der Waals surface area contributed by atoms with Gasteiger partial charge in [0.1, 0.15) is 5.75 Å². The summed E-state index contributed by atoms with van der Waals surface area (Å²) in [5, 5.41) is 2.89. The van der Waals surface area contributed by atoms with Crippen LogP contribution in [-0.2, 0) is 11.2 Å². The number of para-hydroxylation sites is 1. The van der Waals surface area contributed by atoms with Gasteiger partial charge in [0.2, 0.25) is 0 Å². The van der Waals surface area contributed by atoms with Crippen LogP contribution in [0.4, 0.5) is 0 Å². The quantitative estimate of drug-likeness (QED) is 0.874. The van der Waals surface area contributed by atoms with Gasteiger partial charge in [-0.3, -0.25) is 4.79 Å². The monoisotopic (exact) mass is 282 g/mol. The van der Waals surface area contributed by atoms with E-state index < -0.39 is 6.10 Å². The maximum absolute atomic E-state index is 12.0. The molecule has 2 unspecified atom stereocenters. The van der Waals surface area contributed by atoms with E-state index in [9.17, 15) is 4.79 Å². The highest BCUT2D eigenvalue weighted by atomic mass is 35.5. The Morgan fingerprint density at radius 2 is 2.16 bits per heavy atom. The van der Waals surface area contributed by atoms with Crippen LogP contribution in [-0.4, -0.2) is 24.6 Å². The van der Waals surface area contributed by atoms with Crippen molar-refractivity contribution in [2.75, 3.05) is 6.54 Å². The van der Waals surface area contributed by atoms with Crippen molar-refractivity contribution >= 4 is 18.3 Å². The molecule has 0 spiro atoms. The van der Waals surface area contributed by atoms with Gasteiger partial charge in [0.15, 0.2) is 6.10 Å². The first-order chi connectivity index (χ1) is 8.74. The summed E-state index contributed by atoms with van der Waals surface area (Å²) in [4.78, 5) is 12.0. The lowest BCUT2D eigenvalue weighted by Crippen LogP contribution is -2.44. The minimum atomic E-state index is -0.395. The summed E-state index contributed by atoms with van der Waals surface area (Å²) in [6, 6.07) is 7.88. The zero-order valence-corrected chi connectivity index (χ0v) is 11.5. The Morgan fingerprint density at radius 3 is 2.84 bits per heavy atom. The highest BCUT2D eigenvalue weighted by molar-refractivity contribution is 5.85. The number of carbonyl (C=O) groups excluding carboxylic acids is 1. The molecule has 2 aliphatic rings. The van der Waals surface area contributed by atoms with Crippen LogP contribution in [0.2, 0.25) is 0 Å². The molecule has 1 aromatic rings. The van der Waals surface area contributed by atoms with E-state index in [0.29, 0.717) is 18.9 Å². The van der Waals surface area contributed by atoms with Crippen LogP contribution < -0.4 is 15.8 Å². The van der Waals surface area contributed by atoms with E-state index in [-0.39, 0.29) is 24.4 Å². The molecule has 1 aliphatic carbocycles. The van der Waals surface area contributed by atoms with E-state index in [1.165, 1.54) is 12.8 Å². The van der Waals surface area contributed by atoms with E-state index in [2.05, 4.69) is 5.32 Å². The number of amides is 1. The number of fused-ring (bicyclic) bond motifs is 1. The van der Waals surface area contributed by atoms with Gasteiger partial charge in [-0.15, -0.1) is 12.4 Å². The Morgan fingerprint density at radius 1 is 1.42 bits per heavy atom. The molecule has 1 heterocycles. The third kappa shape index (κ3) is 3.19. The van der Waals surface area contributed by atoms with E-state index in [4.69, 9.17) is 10.5 Å². The lowest BCUT2D eigenvalue weighted by atomic mass is 10.1. The van der Waals surface area contributed by atoms with Gasteiger partial charge >= 0.3 is 0 Å². The summed E-state index contributed by atoms with van der Waals surface area (Å²) >= 11 is 0. The van der Waals surface area contributed by atoms with Gasteiger partial charge in [-0.25, -0.2) is 0 Å². The molecule has 1 fully saturated rings. The Hall–Kier alpha value is -1.26. The highest BCUT2D eigenvalue weighted by Gasteiger charge is 2.31. The van der Waals surface area contributed by atoms with Crippen LogP contribution in [0.5, 0.6) is 5.75 Å². The Bertz CT molecular complexity index is 438. The molecule has 4 nitrogen and oxygen atoms in total. The number of ether oxygens (including phenoxy) is 1. The Labute approximate surface area is 119 Å². The standard InChI is InChI=1S/C14H18N2O2.ClH/c15-11(9-5-6-9)8-16-14(17)13-7-10-3-1-2-4-12(10)18-13;/h1-4,9,11,13H,5-8,15H2,(H,16,17);1H. The van der Waals surface area contributed by atoms with Gasteiger partial charge in [0, 0.05) is 19.0 Å². The van der Waals surface area contributed by atoms with E-state index in [0.717, 1.165) is 11.3 Å². The fraction of sp³-hybridized carbons (Fsp3) is 0.500. The largest absolute Gasteiger partial charge is 0.480 e. The molecule has 3 rings (SSSR count). The number of hydrogen-bond acceptors (Lipinski definition) is 3. The molecule has 0 saturated heterocycles. The minimum absolute atomic E-state index is 0. The van der Waals surface area contributed by atoms with Gasteiger partial charge in [0.05, 0.1) is 0 Å². The first-order valence-electron chi connectivity index (χ1n) is 6.52. The second kappa shape index (κ2) is 5.80. The summed E-state index contributed by atoms with van der Waals surface area (Å²) in [6.45, 7) is 0.555. The topological polar surface area (TPSA) is 64.3 Å². The molecule has 0 bridgehead atoms. The average molecular weight is 283 g/mol. The molecule has 2 atom stereocenters. The van der Waals surface area contributed by atoms with Gasteiger partial charge in [-0.1, -0.05) is 18.2 Å². The van der Waals surface area contributed by atoms with Crippen LogP contribution in [0, 0.1) is 5.92 Å². The average Bonchev–Trinajstić information content (AvgIpc) is 3.14. The van der Waals surface area contributed by atoms with Crippen LogP contribution in [0.3, 0.4) is 0 Å². The zero-order chi connectivity index (χ0) is 12.5. The lowest BCUT2D eigenvalue weighted by Gasteiger charge is -2.14. The summed E-state index contributed by atoms with van der Waals surface area (Å²) < 4.78 is 5.62. The highest BCUT2D eigenvalue weighted by Crippen LogP contribution is 2.31. The van der Waals surface area contributed by atoms with Crippen molar-refractivity contribution in [1.82, 2.24) is 5.32 Å². The summed E-state index contributed by atoms with van der Waals surface area (Å²) in [5.41, 5.74) is 7.06. The number of benzene rings is 1. The minimum Gasteiger partial charge on any atom is -0.480 e. The molecular weight excluding hydrogens is 264 g/mol. The maximum atomic E-state index is 12.0. The number of carbonyl (C=O) groups is 1. The van der Waals surface area contributed by atoms with Crippen LogP contribution in [0.15, 0.2) is 24.3 Å². The fourth-order valence-corrected chi connectivity index (χ4v) is 2.35. The molecule has 1 saturated carbocycles. The second-order valence-electron chi connectivity index (χ2n) is 5.16.